The highest BCUT2D eigenvalue weighted by Crippen LogP contribution is 2.25. The first kappa shape index (κ1) is 20.7. The van der Waals surface area contributed by atoms with E-state index >= 15 is 0 Å². The predicted molar refractivity (Wildman–Crippen MR) is 117 cm³/mol. The Morgan fingerprint density at radius 2 is 1.97 bits per heavy atom. The summed E-state index contributed by atoms with van der Waals surface area (Å²) < 4.78 is 19.3. The van der Waals surface area contributed by atoms with Crippen molar-refractivity contribution in [2.45, 2.75) is 32.1 Å². The number of nitrogens with zero attached hydrogens (tertiary/aromatic N) is 2. The van der Waals surface area contributed by atoms with Gasteiger partial charge in [0.15, 0.2) is 0 Å². The van der Waals surface area contributed by atoms with Gasteiger partial charge in [-0.1, -0.05) is 29.8 Å². The molecular weight excluding hydrogens is 393 g/mol. The van der Waals surface area contributed by atoms with Gasteiger partial charge in [0.1, 0.15) is 17.9 Å². The molecule has 2 aromatic carbocycles. The molecule has 1 heterocycles. The van der Waals surface area contributed by atoms with Crippen LogP contribution in [-0.4, -0.2) is 22.4 Å². The van der Waals surface area contributed by atoms with Crippen LogP contribution in [0.4, 0.5) is 4.39 Å². The lowest BCUT2D eigenvalue weighted by molar-refractivity contribution is 0.0953. The Kier molecular flexibility index (Phi) is 6.67. The highest BCUT2D eigenvalue weighted by molar-refractivity contribution is 5.94. The van der Waals surface area contributed by atoms with Crippen molar-refractivity contribution >= 4 is 5.91 Å². The van der Waals surface area contributed by atoms with E-state index in [1.807, 2.05) is 0 Å². The van der Waals surface area contributed by atoms with Crippen LogP contribution in [0.1, 0.15) is 42.5 Å². The van der Waals surface area contributed by atoms with Crippen molar-refractivity contribution in [3.8, 4) is 22.9 Å². The highest BCUT2D eigenvalue weighted by Gasteiger charge is 2.10. The van der Waals surface area contributed by atoms with Gasteiger partial charge in [-0.15, -0.1) is 0 Å². The third kappa shape index (κ3) is 5.75. The van der Waals surface area contributed by atoms with Crippen LogP contribution in [0, 0.1) is 5.82 Å². The molecule has 1 aliphatic carbocycles. The number of rotatable bonds is 7. The third-order valence-corrected chi connectivity index (χ3v) is 5.20. The van der Waals surface area contributed by atoms with Gasteiger partial charge in [0, 0.05) is 23.7 Å². The molecule has 0 saturated heterocycles. The first-order valence-corrected chi connectivity index (χ1v) is 10.5. The average Bonchev–Trinajstić information content (AvgIpc) is 2.80. The van der Waals surface area contributed by atoms with Gasteiger partial charge in [0.25, 0.3) is 5.91 Å². The highest BCUT2D eigenvalue weighted by atomic mass is 19.1. The Hall–Kier alpha value is -3.54. The minimum atomic E-state index is -0.336. The van der Waals surface area contributed by atoms with Crippen LogP contribution >= 0.6 is 0 Å². The summed E-state index contributed by atoms with van der Waals surface area (Å²) in [6, 6.07) is 14.8. The van der Waals surface area contributed by atoms with Crippen molar-refractivity contribution in [1.82, 2.24) is 15.3 Å². The molecule has 158 valence electrons. The average molecular weight is 417 g/mol. The number of carbonyl (C=O) groups excluding carboxylic acids is 1. The molecule has 1 aromatic heterocycles. The van der Waals surface area contributed by atoms with Crippen molar-refractivity contribution < 1.29 is 13.9 Å². The lowest BCUT2D eigenvalue weighted by Gasteiger charge is -2.13. The van der Waals surface area contributed by atoms with Crippen LogP contribution in [0.2, 0.25) is 0 Å². The van der Waals surface area contributed by atoms with E-state index in [0.717, 1.165) is 19.3 Å². The zero-order valence-electron chi connectivity index (χ0n) is 17.2. The number of aromatic nitrogens is 2. The zero-order valence-corrected chi connectivity index (χ0v) is 17.2. The normalized spacial score (nSPS) is 13.4. The summed E-state index contributed by atoms with van der Waals surface area (Å²) in [5.74, 6) is 0.338. The molecular formula is C25H24FN3O2. The standard InChI is InChI=1S/C25H24FN3O2/c26-21-10-4-8-19(14-21)23-16-24(29-17-28-23)31-22-11-5-9-20(15-22)25(30)27-13-12-18-6-2-1-3-7-18/h4-6,8-11,14-17H,1-3,7,12-13H2,(H,27,30). The lowest BCUT2D eigenvalue weighted by Crippen LogP contribution is -2.24. The van der Waals surface area contributed by atoms with Crippen molar-refractivity contribution in [2.24, 2.45) is 0 Å². The van der Waals surface area contributed by atoms with Crippen molar-refractivity contribution in [1.29, 1.82) is 0 Å². The van der Waals surface area contributed by atoms with Crippen LogP contribution in [-0.2, 0) is 0 Å². The molecule has 0 fully saturated rings. The Labute approximate surface area is 181 Å². The molecule has 31 heavy (non-hydrogen) atoms. The van der Waals surface area contributed by atoms with Crippen molar-refractivity contribution in [3.05, 3.63) is 84.0 Å². The van der Waals surface area contributed by atoms with Crippen molar-refractivity contribution in [2.75, 3.05) is 6.54 Å². The number of hydrogen-bond donors (Lipinski definition) is 1. The van der Waals surface area contributed by atoms with Crippen LogP contribution < -0.4 is 10.1 Å². The fraction of sp³-hybridized carbons (Fsp3) is 0.240. The summed E-state index contributed by atoms with van der Waals surface area (Å²) in [7, 11) is 0. The molecule has 0 bridgehead atoms. The largest absolute Gasteiger partial charge is 0.439 e. The number of ether oxygens (including phenoxy) is 1. The summed E-state index contributed by atoms with van der Waals surface area (Å²) in [6.45, 7) is 0.624. The monoisotopic (exact) mass is 417 g/mol. The van der Waals surface area contributed by atoms with Crippen LogP contribution in [0.5, 0.6) is 11.6 Å². The Bertz CT molecular complexity index is 1100. The Morgan fingerprint density at radius 1 is 1.06 bits per heavy atom. The summed E-state index contributed by atoms with van der Waals surface area (Å²) in [5, 5.41) is 2.98. The SMILES string of the molecule is O=C(NCCC1=CCCCC1)c1cccc(Oc2cc(-c3cccc(F)c3)ncn2)c1. The van der Waals surface area contributed by atoms with E-state index in [0.29, 0.717) is 35.0 Å². The maximum Gasteiger partial charge on any atom is 0.251 e. The van der Waals surface area contributed by atoms with Gasteiger partial charge in [-0.05, 0) is 62.4 Å². The molecule has 0 spiro atoms. The van der Waals surface area contributed by atoms with Gasteiger partial charge in [0.2, 0.25) is 5.88 Å². The van der Waals surface area contributed by atoms with E-state index in [2.05, 4.69) is 21.4 Å². The second-order valence-electron chi connectivity index (χ2n) is 7.50. The third-order valence-electron chi connectivity index (χ3n) is 5.20. The van der Waals surface area contributed by atoms with Gasteiger partial charge in [-0.3, -0.25) is 4.79 Å². The van der Waals surface area contributed by atoms with Gasteiger partial charge >= 0.3 is 0 Å². The van der Waals surface area contributed by atoms with Gasteiger partial charge in [-0.2, -0.15) is 0 Å². The van der Waals surface area contributed by atoms with Crippen LogP contribution in [0.25, 0.3) is 11.3 Å². The molecule has 1 N–H and O–H groups in total. The van der Waals surface area contributed by atoms with E-state index in [1.54, 1.807) is 42.5 Å². The molecule has 5 nitrogen and oxygen atoms in total. The number of halogens is 1. The molecule has 0 atom stereocenters. The quantitative estimate of drug-likeness (QED) is 0.501. The molecule has 0 unspecified atom stereocenters. The summed E-state index contributed by atoms with van der Waals surface area (Å²) in [5.41, 5.74) is 3.14. The Morgan fingerprint density at radius 3 is 2.81 bits per heavy atom. The van der Waals surface area contributed by atoms with E-state index in [4.69, 9.17) is 4.74 Å². The number of hydrogen-bond acceptors (Lipinski definition) is 4. The second kappa shape index (κ2) is 9.98. The summed E-state index contributed by atoms with van der Waals surface area (Å²) in [6.07, 6.45) is 9.34. The number of amides is 1. The van der Waals surface area contributed by atoms with Gasteiger partial charge < -0.3 is 10.1 Å². The molecule has 0 aliphatic heterocycles. The number of carbonyl (C=O) groups is 1. The fourth-order valence-electron chi connectivity index (χ4n) is 3.59. The maximum absolute atomic E-state index is 13.5. The fourth-order valence-corrected chi connectivity index (χ4v) is 3.59. The molecule has 4 rings (SSSR count). The van der Waals surface area contributed by atoms with E-state index in [-0.39, 0.29) is 11.7 Å². The first-order valence-electron chi connectivity index (χ1n) is 10.5. The van der Waals surface area contributed by atoms with Gasteiger partial charge in [0.05, 0.1) is 5.69 Å². The smallest absolute Gasteiger partial charge is 0.251 e. The minimum Gasteiger partial charge on any atom is -0.439 e. The molecule has 1 aliphatic rings. The molecule has 3 aromatic rings. The molecule has 1 amide bonds. The number of nitrogens with one attached hydrogen (secondary N) is 1. The van der Waals surface area contributed by atoms with E-state index < -0.39 is 0 Å². The van der Waals surface area contributed by atoms with Crippen molar-refractivity contribution in [3.63, 3.8) is 0 Å². The topological polar surface area (TPSA) is 64.1 Å². The number of benzene rings is 2. The summed E-state index contributed by atoms with van der Waals surface area (Å²) >= 11 is 0. The first-order chi connectivity index (χ1) is 15.2. The maximum atomic E-state index is 13.5. The molecule has 0 radical (unpaired) electrons. The van der Waals surface area contributed by atoms with Crippen LogP contribution in [0.3, 0.4) is 0 Å². The predicted octanol–water partition coefficient (Wildman–Crippen LogP) is 5.70. The number of allylic oxidation sites excluding steroid dienone is 1. The summed E-state index contributed by atoms with van der Waals surface area (Å²) in [4.78, 5) is 20.8. The minimum absolute atomic E-state index is 0.134. The van der Waals surface area contributed by atoms with Gasteiger partial charge in [-0.25, -0.2) is 14.4 Å². The van der Waals surface area contributed by atoms with E-state index in [9.17, 15) is 9.18 Å². The van der Waals surface area contributed by atoms with E-state index in [1.165, 1.54) is 36.9 Å². The zero-order chi connectivity index (χ0) is 21.5. The van der Waals surface area contributed by atoms with Crippen LogP contribution in [0.15, 0.2) is 72.6 Å². The molecule has 0 saturated carbocycles. The lowest BCUT2D eigenvalue weighted by atomic mass is 9.97. The second-order valence-corrected chi connectivity index (χ2v) is 7.50. The Balaban J connectivity index is 1.40. The molecule has 6 heteroatoms.